The van der Waals surface area contributed by atoms with Crippen LogP contribution in [0.3, 0.4) is 0 Å². The predicted molar refractivity (Wildman–Crippen MR) is 95.5 cm³/mol. The maximum absolute atomic E-state index is 13.3. The van der Waals surface area contributed by atoms with Crippen LogP contribution in [0.4, 0.5) is 15.9 Å². The van der Waals surface area contributed by atoms with E-state index in [1.54, 1.807) is 29.8 Å². The van der Waals surface area contributed by atoms with E-state index in [0.717, 1.165) is 35.3 Å². The summed E-state index contributed by atoms with van der Waals surface area (Å²) in [5.41, 5.74) is 2.02. The lowest BCUT2D eigenvalue weighted by Crippen LogP contribution is -1.97. The van der Waals surface area contributed by atoms with Gasteiger partial charge in [0.2, 0.25) is 0 Å². The van der Waals surface area contributed by atoms with Crippen LogP contribution < -0.4 is 5.32 Å². The van der Waals surface area contributed by atoms with Crippen molar-refractivity contribution in [3.63, 3.8) is 0 Å². The van der Waals surface area contributed by atoms with Gasteiger partial charge in [-0.15, -0.1) is 11.3 Å². The first-order valence-electron chi connectivity index (χ1n) is 7.61. The number of benzene rings is 1. The van der Waals surface area contributed by atoms with Crippen molar-refractivity contribution < 1.29 is 4.39 Å². The minimum Gasteiger partial charge on any atom is -0.340 e. The van der Waals surface area contributed by atoms with Gasteiger partial charge in [-0.25, -0.2) is 14.4 Å². The number of hydrogen-bond donors (Lipinski definition) is 1. The molecule has 3 rings (SSSR count). The third-order valence-corrected chi connectivity index (χ3v) is 5.25. The fraction of sp³-hybridized carbons (Fsp3) is 0.294. The normalized spacial score (nSPS) is 11.1. The SMILES string of the molecule is CCCc1c(CC)sc2ncnc(Nc3ccc(F)c(Cl)c3)c12. The lowest BCUT2D eigenvalue weighted by molar-refractivity contribution is 0.628. The number of anilines is 2. The van der Waals surface area contributed by atoms with Crippen molar-refractivity contribution in [2.75, 3.05) is 5.32 Å². The van der Waals surface area contributed by atoms with Gasteiger partial charge in [-0.2, -0.15) is 0 Å². The Morgan fingerprint density at radius 1 is 1.26 bits per heavy atom. The molecule has 6 heteroatoms. The Morgan fingerprint density at radius 3 is 2.78 bits per heavy atom. The summed E-state index contributed by atoms with van der Waals surface area (Å²) in [6, 6.07) is 4.57. The summed E-state index contributed by atoms with van der Waals surface area (Å²) < 4.78 is 13.3. The Morgan fingerprint density at radius 2 is 2.09 bits per heavy atom. The topological polar surface area (TPSA) is 37.8 Å². The number of hydrogen-bond acceptors (Lipinski definition) is 4. The summed E-state index contributed by atoms with van der Waals surface area (Å²) in [6.07, 6.45) is 4.60. The average molecular weight is 350 g/mol. The Bertz CT molecular complexity index is 847. The van der Waals surface area contributed by atoms with Crippen LogP contribution in [-0.2, 0) is 12.8 Å². The van der Waals surface area contributed by atoms with Crippen LogP contribution in [0.5, 0.6) is 0 Å². The molecule has 3 nitrogen and oxygen atoms in total. The standard InChI is InChI=1S/C17H17ClFN3S/c1-3-5-11-14(4-2)23-17-15(11)16(20-9-21-17)22-10-6-7-13(19)12(18)8-10/h6-9H,3-5H2,1-2H3,(H,20,21,22). The van der Waals surface area contributed by atoms with E-state index >= 15 is 0 Å². The second kappa shape index (κ2) is 6.81. The van der Waals surface area contributed by atoms with E-state index in [0.29, 0.717) is 5.69 Å². The van der Waals surface area contributed by atoms with Crippen molar-refractivity contribution in [2.45, 2.75) is 33.1 Å². The molecule has 0 amide bonds. The van der Waals surface area contributed by atoms with Gasteiger partial charge in [-0.05, 0) is 36.6 Å². The van der Waals surface area contributed by atoms with Gasteiger partial charge in [0.1, 0.15) is 22.8 Å². The summed E-state index contributed by atoms with van der Waals surface area (Å²) in [7, 11) is 0. The molecular weight excluding hydrogens is 333 g/mol. The maximum atomic E-state index is 13.3. The van der Waals surface area contributed by atoms with Gasteiger partial charge in [0.05, 0.1) is 10.4 Å². The fourth-order valence-electron chi connectivity index (χ4n) is 2.64. The molecule has 1 N–H and O–H groups in total. The zero-order chi connectivity index (χ0) is 16.4. The van der Waals surface area contributed by atoms with E-state index in [1.807, 2.05) is 0 Å². The molecule has 0 aliphatic rings. The highest BCUT2D eigenvalue weighted by Gasteiger charge is 2.16. The third kappa shape index (κ3) is 3.16. The lowest BCUT2D eigenvalue weighted by atomic mass is 10.1. The van der Waals surface area contributed by atoms with E-state index in [2.05, 4.69) is 29.1 Å². The summed E-state index contributed by atoms with van der Waals surface area (Å²) >= 11 is 7.58. The monoisotopic (exact) mass is 349 g/mol. The van der Waals surface area contributed by atoms with Crippen molar-refractivity contribution in [3.05, 3.63) is 45.8 Å². The van der Waals surface area contributed by atoms with E-state index in [-0.39, 0.29) is 5.02 Å². The number of halogens is 2. The van der Waals surface area contributed by atoms with Crippen molar-refractivity contribution in [1.29, 1.82) is 0 Å². The van der Waals surface area contributed by atoms with Gasteiger partial charge in [0.25, 0.3) is 0 Å². The molecule has 0 saturated carbocycles. The molecule has 0 atom stereocenters. The zero-order valence-corrected chi connectivity index (χ0v) is 14.6. The summed E-state index contributed by atoms with van der Waals surface area (Å²) in [5, 5.41) is 4.41. The molecular formula is C17H17ClFN3S. The smallest absolute Gasteiger partial charge is 0.142 e. The zero-order valence-electron chi connectivity index (χ0n) is 13.0. The van der Waals surface area contributed by atoms with Crippen LogP contribution in [0, 0.1) is 5.82 Å². The van der Waals surface area contributed by atoms with E-state index < -0.39 is 5.82 Å². The number of rotatable bonds is 5. The first kappa shape index (κ1) is 16.1. The molecule has 2 heterocycles. The van der Waals surface area contributed by atoms with E-state index in [4.69, 9.17) is 11.6 Å². The molecule has 0 spiro atoms. The van der Waals surface area contributed by atoms with Crippen molar-refractivity contribution >= 4 is 44.7 Å². The molecule has 120 valence electrons. The molecule has 0 bridgehead atoms. The quantitative estimate of drug-likeness (QED) is 0.638. The summed E-state index contributed by atoms with van der Waals surface area (Å²) in [4.78, 5) is 11.1. The van der Waals surface area contributed by atoms with Gasteiger partial charge in [-0.1, -0.05) is 31.9 Å². The maximum Gasteiger partial charge on any atom is 0.142 e. The number of fused-ring (bicyclic) bond motifs is 1. The molecule has 1 aromatic carbocycles. The van der Waals surface area contributed by atoms with Gasteiger partial charge < -0.3 is 5.32 Å². The van der Waals surface area contributed by atoms with E-state index in [1.165, 1.54) is 16.5 Å². The highest BCUT2D eigenvalue weighted by atomic mass is 35.5. The first-order chi connectivity index (χ1) is 11.1. The minimum absolute atomic E-state index is 0.0913. The minimum atomic E-state index is -0.430. The molecule has 23 heavy (non-hydrogen) atoms. The van der Waals surface area contributed by atoms with Crippen LogP contribution in [-0.4, -0.2) is 9.97 Å². The molecule has 0 saturated heterocycles. The van der Waals surface area contributed by atoms with Crippen LogP contribution >= 0.6 is 22.9 Å². The molecule has 0 radical (unpaired) electrons. The molecule has 0 aliphatic heterocycles. The van der Waals surface area contributed by atoms with Crippen LogP contribution in [0.2, 0.25) is 5.02 Å². The van der Waals surface area contributed by atoms with Gasteiger partial charge >= 0.3 is 0 Å². The largest absolute Gasteiger partial charge is 0.340 e. The molecule has 0 aliphatic carbocycles. The van der Waals surface area contributed by atoms with Crippen LogP contribution in [0.15, 0.2) is 24.5 Å². The number of aromatic nitrogens is 2. The summed E-state index contributed by atoms with van der Waals surface area (Å²) in [5.74, 6) is 0.317. The number of nitrogens with zero attached hydrogens (tertiary/aromatic N) is 2. The number of aryl methyl sites for hydroxylation is 2. The average Bonchev–Trinajstić information content (AvgIpc) is 2.90. The molecule has 3 aromatic rings. The number of thiophene rings is 1. The Hall–Kier alpha value is -1.72. The second-order valence-electron chi connectivity index (χ2n) is 5.26. The predicted octanol–water partition coefficient (Wildman–Crippen LogP) is 5.74. The van der Waals surface area contributed by atoms with Gasteiger partial charge in [-0.3, -0.25) is 0 Å². The van der Waals surface area contributed by atoms with E-state index in [9.17, 15) is 4.39 Å². The Balaban J connectivity index is 2.09. The highest BCUT2D eigenvalue weighted by Crippen LogP contribution is 2.36. The van der Waals surface area contributed by atoms with Crippen molar-refractivity contribution in [1.82, 2.24) is 9.97 Å². The van der Waals surface area contributed by atoms with Gasteiger partial charge in [0.15, 0.2) is 0 Å². The second-order valence-corrected chi connectivity index (χ2v) is 6.75. The van der Waals surface area contributed by atoms with Crippen molar-refractivity contribution in [2.24, 2.45) is 0 Å². The fourth-order valence-corrected chi connectivity index (χ4v) is 3.95. The Kier molecular flexibility index (Phi) is 4.78. The highest BCUT2D eigenvalue weighted by molar-refractivity contribution is 7.18. The number of nitrogens with one attached hydrogen (secondary N) is 1. The van der Waals surface area contributed by atoms with Gasteiger partial charge in [0, 0.05) is 10.6 Å². The third-order valence-electron chi connectivity index (χ3n) is 3.67. The van der Waals surface area contributed by atoms with Crippen LogP contribution in [0.1, 0.15) is 30.7 Å². The lowest BCUT2D eigenvalue weighted by Gasteiger charge is -2.09. The molecule has 2 aromatic heterocycles. The molecule has 0 fully saturated rings. The summed E-state index contributed by atoms with van der Waals surface area (Å²) in [6.45, 7) is 4.32. The first-order valence-corrected chi connectivity index (χ1v) is 8.80. The van der Waals surface area contributed by atoms with Crippen molar-refractivity contribution in [3.8, 4) is 0 Å². The Labute approximate surface area is 143 Å². The molecule has 0 unspecified atom stereocenters. The van der Waals surface area contributed by atoms with Crippen LogP contribution in [0.25, 0.3) is 10.2 Å².